The van der Waals surface area contributed by atoms with Gasteiger partial charge in [0.2, 0.25) is 0 Å². The first-order valence-corrected chi connectivity index (χ1v) is 11.1. The molecule has 1 aromatic carbocycles. The van der Waals surface area contributed by atoms with E-state index < -0.39 is 12.1 Å². The third kappa shape index (κ3) is 6.03. The zero-order chi connectivity index (χ0) is 19.8. The second-order valence-corrected chi connectivity index (χ2v) is 8.68. The van der Waals surface area contributed by atoms with Crippen molar-refractivity contribution in [3.63, 3.8) is 0 Å². The highest BCUT2D eigenvalue weighted by atomic mass is 19.1. The van der Waals surface area contributed by atoms with E-state index >= 15 is 0 Å². The van der Waals surface area contributed by atoms with Crippen molar-refractivity contribution in [2.45, 2.75) is 77.4 Å². The van der Waals surface area contributed by atoms with Gasteiger partial charge in [0.15, 0.2) is 6.29 Å². The van der Waals surface area contributed by atoms with E-state index in [1.54, 1.807) is 6.07 Å². The van der Waals surface area contributed by atoms with Gasteiger partial charge in [-0.25, -0.2) is 4.39 Å². The molecule has 0 atom stereocenters. The van der Waals surface area contributed by atoms with Crippen LogP contribution in [0.3, 0.4) is 0 Å². The number of unbranched alkanes of at least 4 members (excludes halogenated alkanes) is 2. The van der Waals surface area contributed by atoms with Crippen molar-refractivity contribution in [3.8, 4) is 6.07 Å². The zero-order valence-electron chi connectivity index (χ0n) is 17.2. The summed E-state index contributed by atoms with van der Waals surface area (Å²) >= 11 is 0. The fourth-order valence-electron chi connectivity index (χ4n) is 4.63. The SMILES string of the molecule is CCCCCC1CCC(CCC2COC(c3ccc(C#N)c(F)c3)OC2)CC1. The van der Waals surface area contributed by atoms with Gasteiger partial charge in [-0.05, 0) is 30.4 Å². The fourth-order valence-corrected chi connectivity index (χ4v) is 4.63. The summed E-state index contributed by atoms with van der Waals surface area (Å²) in [4.78, 5) is 0. The summed E-state index contributed by atoms with van der Waals surface area (Å²) in [6, 6.07) is 6.39. The molecule has 3 nitrogen and oxygen atoms in total. The molecule has 0 unspecified atom stereocenters. The van der Waals surface area contributed by atoms with Gasteiger partial charge in [0.25, 0.3) is 0 Å². The van der Waals surface area contributed by atoms with Gasteiger partial charge in [-0.3, -0.25) is 0 Å². The molecule has 0 amide bonds. The predicted octanol–water partition coefficient (Wildman–Crippen LogP) is 6.53. The molecular formula is C24H34FNO2. The van der Waals surface area contributed by atoms with Gasteiger partial charge in [-0.15, -0.1) is 0 Å². The highest BCUT2D eigenvalue weighted by molar-refractivity contribution is 5.33. The van der Waals surface area contributed by atoms with Gasteiger partial charge in [-0.2, -0.15) is 5.26 Å². The zero-order valence-corrected chi connectivity index (χ0v) is 17.2. The molecule has 1 saturated carbocycles. The fraction of sp³-hybridized carbons (Fsp3) is 0.708. The van der Waals surface area contributed by atoms with E-state index in [0.29, 0.717) is 24.7 Å². The molecule has 2 aliphatic rings. The van der Waals surface area contributed by atoms with Crippen LogP contribution in [0.2, 0.25) is 0 Å². The number of nitriles is 1. The summed E-state index contributed by atoms with van der Waals surface area (Å²) in [6.45, 7) is 3.61. The van der Waals surface area contributed by atoms with Gasteiger partial charge in [0, 0.05) is 11.5 Å². The van der Waals surface area contributed by atoms with Crippen molar-refractivity contribution >= 4 is 0 Å². The summed E-state index contributed by atoms with van der Waals surface area (Å²) in [5.74, 6) is 1.76. The van der Waals surface area contributed by atoms with Crippen molar-refractivity contribution in [1.82, 2.24) is 0 Å². The minimum absolute atomic E-state index is 0.0533. The van der Waals surface area contributed by atoms with Crippen LogP contribution < -0.4 is 0 Å². The molecule has 0 N–H and O–H groups in total. The Morgan fingerprint density at radius 1 is 0.964 bits per heavy atom. The van der Waals surface area contributed by atoms with Crippen LogP contribution in [0.15, 0.2) is 18.2 Å². The number of ether oxygens (including phenoxy) is 2. The average molecular weight is 388 g/mol. The van der Waals surface area contributed by atoms with Crippen molar-refractivity contribution in [2.24, 2.45) is 17.8 Å². The second kappa shape index (κ2) is 10.9. The third-order valence-electron chi connectivity index (χ3n) is 6.52. The molecule has 4 heteroatoms. The van der Waals surface area contributed by atoms with Crippen LogP contribution in [0, 0.1) is 34.9 Å². The van der Waals surface area contributed by atoms with Crippen molar-refractivity contribution < 1.29 is 13.9 Å². The Labute approximate surface area is 169 Å². The smallest absolute Gasteiger partial charge is 0.183 e. The molecule has 1 aliphatic heterocycles. The number of rotatable bonds is 8. The molecule has 1 aromatic rings. The topological polar surface area (TPSA) is 42.2 Å². The number of halogens is 1. The molecule has 28 heavy (non-hydrogen) atoms. The van der Waals surface area contributed by atoms with Crippen LogP contribution in [0.25, 0.3) is 0 Å². The lowest BCUT2D eigenvalue weighted by molar-refractivity contribution is -0.206. The molecule has 1 aliphatic carbocycles. The van der Waals surface area contributed by atoms with E-state index in [0.717, 1.165) is 18.3 Å². The third-order valence-corrected chi connectivity index (χ3v) is 6.52. The highest BCUT2D eigenvalue weighted by Gasteiger charge is 2.26. The number of hydrogen-bond acceptors (Lipinski definition) is 3. The van der Waals surface area contributed by atoms with E-state index in [1.165, 1.54) is 69.9 Å². The van der Waals surface area contributed by atoms with Gasteiger partial charge >= 0.3 is 0 Å². The maximum atomic E-state index is 13.8. The molecular weight excluding hydrogens is 353 g/mol. The van der Waals surface area contributed by atoms with Gasteiger partial charge in [0.05, 0.1) is 18.8 Å². The molecule has 2 fully saturated rings. The van der Waals surface area contributed by atoms with Gasteiger partial charge in [-0.1, -0.05) is 70.8 Å². The molecule has 0 aromatic heterocycles. The van der Waals surface area contributed by atoms with Crippen LogP contribution in [-0.4, -0.2) is 13.2 Å². The molecule has 0 bridgehead atoms. The first-order chi connectivity index (χ1) is 13.7. The molecule has 154 valence electrons. The Morgan fingerprint density at radius 2 is 1.61 bits per heavy atom. The standard InChI is InChI=1S/C24H34FNO2/c1-2-3-4-5-18-6-8-19(9-7-18)10-11-20-16-27-24(28-17-20)21-12-13-22(15-26)23(25)14-21/h12-14,18-20,24H,2-11,16-17H2,1H3. The lowest BCUT2D eigenvalue weighted by Gasteiger charge is -2.32. The Kier molecular flexibility index (Phi) is 8.30. The molecule has 1 heterocycles. The molecule has 0 spiro atoms. The lowest BCUT2D eigenvalue weighted by Crippen LogP contribution is -2.28. The quantitative estimate of drug-likeness (QED) is 0.476. The molecule has 1 saturated heterocycles. The van der Waals surface area contributed by atoms with Crippen LogP contribution >= 0.6 is 0 Å². The van der Waals surface area contributed by atoms with Gasteiger partial charge in [0.1, 0.15) is 11.9 Å². The first kappa shape index (κ1) is 21.3. The second-order valence-electron chi connectivity index (χ2n) is 8.68. The average Bonchev–Trinajstić information content (AvgIpc) is 2.74. The van der Waals surface area contributed by atoms with Crippen LogP contribution in [0.5, 0.6) is 0 Å². The largest absolute Gasteiger partial charge is 0.348 e. The van der Waals surface area contributed by atoms with Crippen LogP contribution in [-0.2, 0) is 9.47 Å². The van der Waals surface area contributed by atoms with Crippen molar-refractivity contribution in [3.05, 3.63) is 35.1 Å². The highest BCUT2D eigenvalue weighted by Crippen LogP contribution is 2.36. The van der Waals surface area contributed by atoms with Crippen molar-refractivity contribution in [2.75, 3.05) is 13.2 Å². The number of hydrogen-bond donors (Lipinski definition) is 0. The van der Waals surface area contributed by atoms with E-state index in [-0.39, 0.29) is 5.56 Å². The van der Waals surface area contributed by atoms with E-state index in [1.807, 2.05) is 6.07 Å². The van der Waals surface area contributed by atoms with E-state index in [9.17, 15) is 4.39 Å². The Hall–Kier alpha value is -1.44. The monoisotopic (exact) mass is 387 g/mol. The summed E-state index contributed by atoms with van der Waals surface area (Å²) in [5.41, 5.74) is 0.703. The minimum Gasteiger partial charge on any atom is -0.348 e. The van der Waals surface area contributed by atoms with Crippen molar-refractivity contribution in [1.29, 1.82) is 5.26 Å². The lowest BCUT2D eigenvalue weighted by atomic mass is 9.77. The summed E-state index contributed by atoms with van der Waals surface area (Å²) < 4.78 is 25.5. The van der Waals surface area contributed by atoms with Crippen LogP contribution in [0.4, 0.5) is 4.39 Å². The van der Waals surface area contributed by atoms with E-state index in [4.69, 9.17) is 14.7 Å². The molecule has 0 radical (unpaired) electrons. The number of nitrogens with zero attached hydrogens (tertiary/aromatic N) is 1. The Morgan fingerprint density at radius 3 is 2.21 bits per heavy atom. The Balaban J connectivity index is 1.34. The maximum Gasteiger partial charge on any atom is 0.183 e. The Bertz CT molecular complexity index is 640. The maximum absolute atomic E-state index is 13.8. The van der Waals surface area contributed by atoms with E-state index in [2.05, 4.69) is 6.92 Å². The van der Waals surface area contributed by atoms with Gasteiger partial charge < -0.3 is 9.47 Å². The summed E-state index contributed by atoms with van der Waals surface area (Å²) in [7, 11) is 0. The molecule has 3 rings (SSSR count). The normalized spacial score (nSPS) is 28.0. The van der Waals surface area contributed by atoms with Crippen LogP contribution in [0.1, 0.15) is 88.5 Å². The predicted molar refractivity (Wildman–Crippen MR) is 108 cm³/mol. The first-order valence-electron chi connectivity index (χ1n) is 11.1. The number of benzene rings is 1. The summed E-state index contributed by atoms with van der Waals surface area (Å²) in [6.07, 6.45) is 13.1. The summed E-state index contributed by atoms with van der Waals surface area (Å²) in [5, 5.41) is 8.83. The minimum atomic E-state index is -0.517.